The summed E-state index contributed by atoms with van der Waals surface area (Å²) in [7, 11) is 0. The minimum Gasteiger partial charge on any atom is -0.493 e. The van der Waals surface area contributed by atoms with E-state index in [4.69, 9.17) is 14.2 Å². The number of rotatable bonds is 12. The van der Waals surface area contributed by atoms with E-state index in [-0.39, 0.29) is 5.78 Å². The van der Waals surface area contributed by atoms with Gasteiger partial charge in [-0.1, -0.05) is 32.6 Å². The molecule has 2 aromatic rings. The minimum atomic E-state index is -0.0954. The molecule has 0 spiro atoms. The third-order valence-electron chi connectivity index (χ3n) is 3.86. The van der Waals surface area contributed by atoms with Gasteiger partial charge in [-0.15, -0.1) is 0 Å². The second kappa shape index (κ2) is 11.7. The number of hydrogen-bond donors (Lipinski definition) is 0. The monoisotopic (exact) mass is 380 g/mol. The maximum atomic E-state index is 12.6. The lowest BCUT2D eigenvalue weighted by atomic mass is 10.1. The van der Waals surface area contributed by atoms with Gasteiger partial charge in [0.2, 0.25) is 0 Å². The molecule has 0 saturated carbocycles. The summed E-state index contributed by atoms with van der Waals surface area (Å²) >= 11 is 0. The predicted octanol–water partition coefficient (Wildman–Crippen LogP) is 5.73. The first kappa shape index (κ1) is 21.3. The highest BCUT2D eigenvalue weighted by Gasteiger charge is 2.10. The Morgan fingerprint density at radius 2 is 1.54 bits per heavy atom. The van der Waals surface area contributed by atoms with Crippen LogP contribution in [0.5, 0.6) is 17.2 Å². The van der Waals surface area contributed by atoms with Crippen molar-refractivity contribution < 1.29 is 19.0 Å². The van der Waals surface area contributed by atoms with E-state index in [0.29, 0.717) is 42.6 Å². The van der Waals surface area contributed by atoms with Crippen LogP contribution in [-0.2, 0) is 0 Å². The summed E-state index contributed by atoms with van der Waals surface area (Å²) in [6.45, 7) is 9.38. The van der Waals surface area contributed by atoms with Crippen LogP contribution in [0.2, 0.25) is 0 Å². The highest BCUT2D eigenvalue weighted by Crippen LogP contribution is 2.30. The Morgan fingerprint density at radius 3 is 2.07 bits per heavy atom. The topological polar surface area (TPSA) is 44.8 Å². The summed E-state index contributed by atoms with van der Waals surface area (Å²) in [5, 5.41) is 0. The molecule has 4 nitrogen and oxygen atoms in total. The van der Waals surface area contributed by atoms with Gasteiger partial charge in [-0.25, -0.2) is 0 Å². The second-order valence-corrected chi connectivity index (χ2v) is 6.19. The van der Waals surface area contributed by atoms with Gasteiger partial charge >= 0.3 is 0 Å². The molecule has 0 atom stereocenters. The third kappa shape index (κ3) is 6.31. The molecule has 0 fully saturated rings. The van der Waals surface area contributed by atoms with E-state index < -0.39 is 0 Å². The fourth-order valence-electron chi connectivity index (χ4n) is 2.49. The molecule has 4 heteroatoms. The zero-order chi connectivity index (χ0) is 20.2. The van der Waals surface area contributed by atoms with Gasteiger partial charge in [-0.05, 0) is 61.4 Å². The van der Waals surface area contributed by atoms with Crippen molar-refractivity contribution in [1.82, 2.24) is 0 Å². The molecule has 0 radical (unpaired) electrons. The lowest BCUT2D eigenvalue weighted by Crippen LogP contribution is -2.02. The Labute approximate surface area is 167 Å². The van der Waals surface area contributed by atoms with Crippen LogP contribution in [-0.4, -0.2) is 25.6 Å². The summed E-state index contributed by atoms with van der Waals surface area (Å²) in [6.07, 6.45) is 6.80. The molecule has 0 unspecified atom stereocenters. The van der Waals surface area contributed by atoms with E-state index in [2.05, 4.69) is 20.4 Å². The number of carbonyl (C=O) groups is 1. The molecular weight excluding hydrogens is 352 g/mol. The number of carbonyl (C=O) groups excluding carboxylic acids is 1. The van der Waals surface area contributed by atoms with Crippen molar-refractivity contribution in [2.24, 2.45) is 0 Å². The van der Waals surface area contributed by atoms with Gasteiger partial charge in [0.25, 0.3) is 0 Å². The van der Waals surface area contributed by atoms with Crippen LogP contribution in [0.4, 0.5) is 0 Å². The molecule has 0 bridgehead atoms. The summed E-state index contributed by atoms with van der Waals surface area (Å²) in [6, 6.07) is 12.7. The standard InChI is InChI=1S/C24H28O4/c1-4-16-26-20-12-10-19(11-13-20)22(25)15-14-21-23(27-17-5-2)8-7-9-24(21)28-18-6-3/h4,7-15H,1,5-6,16-18H2,2-3H3. The van der Waals surface area contributed by atoms with E-state index in [1.807, 2.05) is 18.2 Å². The van der Waals surface area contributed by atoms with Crippen molar-refractivity contribution in [3.05, 3.63) is 72.3 Å². The first-order chi connectivity index (χ1) is 13.7. The molecule has 2 aromatic carbocycles. The van der Waals surface area contributed by atoms with E-state index in [1.165, 1.54) is 0 Å². The number of ketones is 1. The van der Waals surface area contributed by atoms with E-state index in [0.717, 1.165) is 18.4 Å². The molecule has 0 aliphatic rings. The zero-order valence-electron chi connectivity index (χ0n) is 16.6. The van der Waals surface area contributed by atoms with Crippen LogP contribution in [0.3, 0.4) is 0 Å². The number of hydrogen-bond acceptors (Lipinski definition) is 4. The first-order valence-corrected chi connectivity index (χ1v) is 9.64. The Morgan fingerprint density at radius 1 is 0.929 bits per heavy atom. The second-order valence-electron chi connectivity index (χ2n) is 6.19. The Bertz CT molecular complexity index is 765. The van der Waals surface area contributed by atoms with Crippen molar-refractivity contribution in [1.29, 1.82) is 0 Å². The van der Waals surface area contributed by atoms with E-state index in [1.54, 1.807) is 42.5 Å². The van der Waals surface area contributed by atoms with Gasteiger partial charge in [-0.3, -0.25) is 4.79 Å². The van der Waals surface area contributed by atoms with Crippen molar-refractivity contribution in [3.8, 4) is 17.2 Å². The summed E-state index contributed by atoms with van der Waals surface area (Å²) < 4.78 is 17.1. The molecule has 28 heavy (non-hydrogen) atoms. The van der Waals surface area contributed by atoms with Gasteiger partial charge in [0.05, 0.1) is 18.8 Å². The summed E-state index contributed by atoms with van der Waals surface area (Å²) in [5.41, 5.74) is 1.37. The van der Waals surface area contributed by atoms with Gasteiger partial charge in [0.1, 0.15) is 23.9 Å². The highest BCUT2D eigenvalue weighted by atomic mass is 16.5. The first-order valence-electron chi connectivity index (χ1n) is 9.64. The SMILES string of the molecule is C=CCOc1ccc(C(=O)C=Cc2c(OCCC)cccc2OCCC)cc1. The molecule has 0 N–H and O–H groups in total. The molecule has 0 amide bonds. The summed E-state index contributed by atoms with van der Waals surface area (Å²) in [4.78, 5) is 12.6. The Balaban J connectivity index is 2.20. The summed E-state index contributed by atoms with van der Waals surface area (Å²) in [5.74, 6) is 2.04. The fraction of sp³-hybridized carbons (Fsp3) is 0.292. The molecule has 0 aliphatic heterocycles. The van der Waals surface area contributed by atoms with E-state index >= 15 is 0 Å². The maximum Gasteiger partial charge on any atom is 0.185 e. The molecule has 0 aromatic heterocycles. The van der Waals surface area contributed by atoms with Gasteiger partial charge in [0.15, 0.2) is 5.78 Å². The third-order valence-corrected chi connectivity index (χ3v) is 3.86. The molecule has 0 saturated heterocycles. The normalized spacial score (nSPS) is 10.6. The molecule has 0 aliphatic carbocycles. The van der Waals surface area contributed by atoms with Crippen LogP contribution in [0.15, 0.2) is 61.2 Å². The van der Waals surface area contributed by atoms with Crippen LogP contribution < -0.4 is 14.2 Å². The van der Waals surface area contributed by atoms with Crippen LogP contribution in [0, 0.1) is 0 Å². The van der Waals surface area contributed by atoms with E-state index in [9.17, 15) is 4.79 Å². The zero-order valence-corrected chi connectivity index (χ0v) is 16.6. The van der Waals surface area contributed by atoms with Crippen LogP contribution in [0.25, 0.3) is 6.08 Å². The minimum absolute atomic E-state index is 0.0954. The molecule has 0 heterocycles. The lowest BCUT2D eigenvalue weighted by molar-refractivity contribution is 0.104. The van der Waals surface area contributed by atoms with Crippen molar-refractivity contribution in [2.45, 2.75) is 26.7 Å². The smallest absolute Gasteiger partial charge is 0.185 e. The number of benzene rings is 2. The van der Waals surface area contributed by atoms with Crippen LogP contribution >= 0.6 is 0 Å². The maximum absolute atomic E-state index is 12.6. The quantitative estimate of drug-likeness (QED) is 0.268. The van der Waals surface area contributed by atoms with Crippen LogP contribution in [0.1, 0.15) is 42.6 Å². The Hall–Kier alpha value is -3.01. The molecular formula is C24H28O4. The molecule has 2 rings (SSSR count). The predicted molar refractivity (Wildman–Crippen MR) is 114 cm³/mol. The Kier molecular flexibility index (Phi) is 8.86. The number of ether oxygens (including phenoxy) is 3. The van der Waals surface area contributed by atoms with Gasteiger partial charge in [0, 0.05) is 5.56 Å². The average molecular weight is 380 g/mol. The fourth-order valence-corrected chi connectivity index (χ4v) is 2.49. The largest absolute Gasteiger partial charge is 0.493 e. The van der Waals surface area contributed by atoms with Crippen molar-refractivity contribution in [3.63, 3.8) is 0 Å². The van der Waals surface area contributed by atoms with Gasteiger partial charge in [-0.2, -0.15) is 0 Å². The molecule has 148 valence electrons. The average Bonchev–Trinajstić information content (AvgIpc) is 2.73. The lowest BCUT2D eigenvalue weighted by Gasteiger charge is -2.13. The van der Waals surface area contributed by atoms with Crippen molar-refractivity contribution >= 4 is 11.9 Å². The number of allylic oxidation sites excluding steroid dienone is 1. The van der Waals surface area contributed by atoms with Crippen molar-refractivity contribution in [2.75, 3.05) is 19.8 Å². The highest BCUT2D eigenvalue weighted by molar-refractivity contribution is 6.07. The van der Waals surface area contributed by atoms with Gasteiger partial charge < -0.3 is 14.2 Å².